The number of fused-ring (bicyclic) bond motifs is 1. The first-order chi connectivity index (χ1) is 20.6. The molecule has 0 spiro atoms. The third kappa shape index (κ3) is 6.03. The van der Waals surface area contributed by atoms with Gasteiger partial charge in [0.05, 0.1) is 31.1 Å². The number of rotatable bonds is 7. The Balaban J connectivity index is 1.44. The lowest BCUT2D eigenvalue weighted by molar-refractivity contribution is -0.237. The third-order valence-electron chi connectivity index (χ3n) is 8.68. The number of anilines is 1. The summed E-state index contributed by atoms with van der Waals surface area (Å²) in [5.74, 6) is -0.732. The van der Waals surface area contributed by atoms with E-state index < -0.39 is 41.9 Å². The molecular formula is C30H30F6N6O2. The second-order valence-electron chi connectivity index (χ2n) is 11.6. The van der Waals surface area contributed by atoms with Gasteiger partial charge < -0.3 is 14.5 Å². The Morgan fingerprint density at radius 1 is 1.20 bits per heavy atom. The van der Waals surface area contributed by atoms with Crippen LogP contribution in [-0.2, 0) is 29.4 Å². The number of nitrogens with zero attached hydrogens (tertiary/aromatic N) is 4. The Hall–Kier alpha value is -3.96. The molecule has 14 heteroatoms. The molecule has 5 rings (SSSR count). The van der Waals surface area contributed by atoms with E-state index in [1.54, 1.807) is 31.3 Å². The van der Waals surface area contributed by atoms with Crippen LogP contribution in [0.4, 0.5) is 32.0 Å². The molecule has 44 heavy (non-hydrogen) atoms. The molecule has 1 aliphatic carbocycles. The zero-order valence-corrected chi connectivity index (χ0v) is 23.7. The highest BCUT2D eigenvalue weighted by Crippen LogP contribution is 2.51. The summed E-state index contributed by atoms with van der Waals surface area (Å²) < 4.78 is 87.2. The number of carbonyl (C=O) groups excluding carboxylic acids is 1. The SMILES string of the molecule is CN(C=N)C(=N)C[C@]1(c2cccc(N3Cc4c(cc(CN5CCO[C@H](C(F)(F)F)C5)cc4C(F)(F)F)C3=O)c2)C[C@H](C#N)C1. The number of hydrogen-bond donors (Lipinski definition) is 2. The number of morpholine rings is 1. The predicted octanol–water partition coefficient (Wildman–Crippen LogP) is 5.71. The van der Waals surface area contributed by atoms with E-state index in [2.05, 4.69) is 6.07 Å². The second-order valence-corrected chi connectivity index (χ2v) is 11.6. The van der Waals surface area contributed by atoms with Crippen molar-refractivity contribution in [1.29, 1.82) is 16.1 Å². The lowest BCUT2D eigenvalue weighted by Crippen LogP contribution is -2.48. The number of nitrogens with one attached hydrogen (secondary N) is 2. The highest BCUT2D eigenvalue weighted by atomic mass is 19.4. The van der Waals surface area contributed by atoms with Crippen LogP contribution in [0.2, 0.25) is 0 Å². The largest absolute Gasteiger partial charge is 0.416 e. The molecule has 0 radical (unpaired) electrons. The number of hydrogen-bond acceptors (Lipinski definition) is 6. The molecule has 0 unspecified atom stereocenters. The number of halogens is 6. The topological polar surface area (TPSA) is 108 Å². The molecule has 0 bridgehead atoms. The highest BCUT2D eigenvalue weighted by Gasteiger charge is 2.48. The van der Waals surface area contributed by atoms with E-state index >= 15 is 0 Å². The number of carbonyl (C=O) groups is 1. The van der Waals surface area contributed by atoms with Gasteiger partial charge in [-0.05, 0) is 53.8 Å². The van der Waals surface area contributed by atoms with Gasteiger partial charge in [-0.15, -0.1) is 0 Å². The number of benzene rings is 2. The van der Waals surface area contributed by atoms with E-state index in [-0.39, 0.29) is 61.1 Å². The quantitative estimate of drug-likeness (QED) is 0.235. The van der Waals surface area contributed by atoms with Crippen molar-refractivity contribution in [1.82, 2.24) is 9.80 Å². The van der Waals surface area contributed by atoms with Crippen molar-refractivity contribution in [3.63, 3.8) is 0 Å². The van der Waals surface area contributed by atoms with Gasteiger partial charge >= 0.3 is 12.4 Å². The molecule has 1 amide bonds. The minimum Gasteiger partial charge on any atom is -0.366 e. The van der Waals surface area contributed by atoms with Crippen molar-refractivity contribution in [2.24, 2.45) is 5.92 Å². The van der Waals surface area contributed by atoms with Crippen molar-refractivity contribution in [2.75, 3.05) is 31.6 Å². The molecule has 2 aromatic carbocycles. The molecular weight excluding hydrogens is 590 g/mol. The molecule has 2 fully saturated rings. The van der Waals surface area contributed by atoms with E-state index in [1.165, 1.54) is 20.8 Å². The van der Waals surface area contributed by atoms with Gasteiger partial charge in [0.15, 0.2) is 6.10 Å². The van der Waals surface area contributed by atoms with Gasteiger partial charge in [-0.25, -0.2) is 0 Å². The van der Waals surface area contributed by atoms with Crippen molar-refractivity contribution in [2.45, 2.75) is 56.2 Å². The number of amides is 1. The molecule has 3 aliphatic rings. The Morgan fingerprint density at radius 2 is 1.93 bits per heavy atom. The molecule has 2 aromatic rings. The summed E-state index contributed by atoms with van der Waals surface area (Å²) in [5, 5.41) is 25.3. The maximum Gasteiger partial charge on any atom is 0.416 e. The van der Waals surface area contributed by atoms with Crippen LogP contribution in [-0.4, -0.2) is 66.9 Å². The van der Waals surface area contributed by atoms with Gasteiger partial charge in [0.25, 0.3) is 5.91 Å². The normalized spacial score (nSPS) is 24.0. The van der Waals surface area contributed by atoms with E-state index in [0.717, 1.165) is 18.0 Å². The minimum atomic E-state index is -4.80. The molecule has 234 valence electrons. The zero-order valence-electron chi connectivity index (χ0n) is 23.7. The van der Waals surface area contributed by atoms with Crippen molar-refractivity contribution in [3.05, 3.63) is 64.2 Å². The smallest absolute Gasteiger partial charge is 0.366 e. The lowest BCUT2D eigenvalue weighted by atomic mass is 9.57. The van der Waals surface area contributed by atoms with Crippen LogP contribution in [0.25, 0.3) is 0 Å². The van der Waals surface area contributed by atoms with Gasteiger partial charge in [0, 0.05) is 55.7 Å². The summed E-state index contributed by atoms with van der Waals surface area (Å²) in [4.78, 5) is 17.6. The lowest BCUT2D eigenvalue weighted by Gasteiger charge is -2.46. The Labute approximate surface area is 249 Å². The summed E-state index contributed by atoms with van der Waals surface area (Å²) in [6, 6.07) is 11.3. The summed E-state index contributed by atoms with van der Waals surface area (Å²) in [7, 11) is 1.57. The fourth-order valence-corrected chi connectivity index (χ4v) is 6.31. The maximum absolute atomic E-state index is 14.3. The van der Waals surface area contributed by atoms with Gasteiger partial charge in [-0.1, -0.05) is 12.1 Å². The van der Waals surface area contributed by atoms with Crippen LogP contribution in [0.3, 0.4) is 0 Å². The van der Waals surface area contributed by atoms with Crippen molar-refractivity contribution < 1.29 is 35.9 Å². The van der Waals surface area contributed by atoms with E-state index in [1.807, 2.05) is 0 Å². The molecule has 1 atom stereocenters. The Kier molecular flexibility index (Phi) is 8.24. The fourth-order valence-electron chi connectivity index (χ4n) is 6.31. The van der Waals surface area contributed by atoms with Crippen LogP contribution < -0.4 is 4.90 Å². The zero-order chi connectivity index (χ0) is 32.0. The van der Waals surface area contributed by atoms with Crippen molar-refractivity contribution in [3.8, 4) is 6.07 Å². The van der Waals surface area contributed by atoms with E-state index in [0.29, 0.717) is 18.5 Å². The predicted molar refractivity (Wildman–Crippen MR) is 148 cm³/mol. The summed E-state index contributed by atoms with van der Waals surface area (Å²) in [6.45, 7) is -1.22. The molecule has 1 saturated heterocycles. The Bertz CT molecular complexity index is 1510. The molecule has 2 heterocycles. The number of alkyl halides is 6. The average molecular weight is 621 g/mol. The van der Waals surface area contributed by atoms with E-state index in [9.17, 15) is 36.4 Å². The average Bonchev–Trinajstić information content (AvgIpc) is 3.29. The van der Waals surface area contributed by atoms with Crippen molar-refractivity contribution >= 4 is 23.8 Å². The highest BCUT2D eigenvalue weighted by molar-refractivity contribution is 6.10. The van der Waals surface area contributed by atoms with Crippen LogP contribution in [0.1, 0.15) is 51.9 Å². The van der Waals surface area contributed by atoms with Crippen LogP contribution in [0.15, 0.2) is 36.4 Å². The van der Waals surface area contributed by atoms with E-state index in [4.69, 9.17) is 15.6 Å². The summed E-state index contributed by atoms with van der Waals surface area (Å²) in [6.07, 6.45) is -9.32. The monoisotopic (exact) mass is 620 g/mol. The molecule has 8 nitrogen and oxygen atoms in total. The second kappa shape index (κ2) is 11.5. The fraction of sp³-hybridized carbons (Fsp3) is 0.467. The van der Waals surface area contributed by atoms with Gasteiger partial charge in [0.2, 0.25) is 0 Å². The van der Waals surface area contributed by atoms with Crippen LogP contribution in [0.5, 0.6) is 0 Å². The number of ether oxygens (including phenoxy) is 1. The summed E-state index contributed by atoms with van der Waals surface area (Å²) in [5.41, 5.74) is -0.817. The van der Waals surface area contributed by atoms with Gasteiger partial charge in [-0.2, -0.15) is 31.6 Å². The molecule has 2 N–H and O–H groups in total. The first-order valence-electron chi connectivity index (χ1n) is 13.9. The maximum atomic E-state index is 14.3. The molecule has 0 aromatic heterocycles. The van der Waals surface area contributed by atoms with Crippen LogP contribution >= 0.6 is 0 Å². The van der Waals surface area contributed by atoms with Gasteiger partial charge in [-0.3, -0.25) is 20.5 Å². The third-order valence-corrected chi connectivity index (χ3v) is 8.68. The standard InChI is InChI=1S/C30H30F6N6O2/c1-40(17-38)26(39)12-28(10-19(11-28)13-37)20-3-2-4-21(9-20)42-15-23-22(27(42)43)7-18(8-24(23)29(31,32)33)14-41-5-6-44-25(16-41)30(34,35)36/h2-4,7-9,17,19,25,38-39H,5-6,10-12,14-16H2,1H3/t19-,25-,28-/m0/s1. The molecule has 2 aliphatic heterocycles. The first-order valence-corrected chi connectivity index (χ1v) is 13.9. The molecule has 1 saturated carbocycles. The Morgan fingerprint density at radius 3 is 2.57 bits per heavy atom. The summed E-state index contributed by atoms with van der Waals surface area (Å²) >= 11 is 0. The first kappa shape index (κ1) is 31.5. The van der Waals surface area contributed by atoms with Crippen LogP contribution in [0, 0.1) is 28.1 Å². The van der Waals surface area contributed by atoms with Gasteiger partial charge in [0.1, 0.15) is 5.84 Å². The minimum absolute atomic E-state index is 0.0765. The number of amidine groups is 1. The number of nitriles is 1.